The molecule has 2 aromatic rings. The van der Waals surface area contributed by atoms with E-state index >= 15 is 0 Å². The summed E-state index contributed by atoms with van der Waals surface area (Å²) in [5.41, 5.74) is 0.870. The van der Waals surface area contributed by atoms with Crippen LogP contribution in [0.1, 0.15) is 22.5 Å². The zero-order chi connectivity index (χ0) is 18.0. The number of nitrogens with zero attached hydrogens (tertiary/aromatic N) is 2. The molecule has 1 fully saturated rings. The van der Waals surface area contributed by atoms with Crippen molar-refractivity contribution in [3.63, 3.8) is 0 Å². The lowest BCUT2D eigenvalue weighted by atomic mass is 10.2. The van der Waals surface area contributed by atoms with Crippen LogP contribution < -0.4 is 0 Å². The van der Waals surface area contributed by atoms with E-state index in [-0.39, 0.29) is 17.3 Å². The Morgan fingerprint density at radius 3 is 2.64 bits per heavy atom. The molecule has 1 amide bonds. The molecule has 1 aromatic carbocycles. The monoisotopic (exact) mass is 365 g/mol. The van der Waals surface area contributed by atoms with Gasteiger partial charge < -0.3 is 9.88 Å². The topological polar surface area (TPSA) is 73.5 Å². The minimum Gasteiger partial charge on any atom is -0.357 e. The normalized spacial score (nSPS) is 16.6. The molecule has 0 radical (unpaired) electrons. The van der Waals surface area contributed by atoms with Crippen molar-refractivity contribution in [1.29, 1.82) is 0 Å². The van der Waals surface area contributed by atoms with Crippen molar-refractivity contribution in [3.8, 4) is 0 Å². The van der Waals surface area contributed by atoms with Gasteiger partial charge in [-0.2, -0.15) is 4.31 Å². The molecule has 0 atom stereocenters. The Labute approximate surface area is 146 Å². The van der Waals surface area contributed by atoms with Crippen molar-refractivity contribution < 1.29 is 17.6 Å². The summed E-state index contributed by atoms with van der Waals surface area (Å²) in [6.45, 7) is 2.93. The summed E-state index contributed by atoms with van der Waals surface area (Å²) in [5, 5.41) is 0. The van der Waals surface area contributed by atoms with Gasteiger partial charge in [0.15, 0.2) is 0 Å². The van der Waals surface area contributed by atoms with Crippen LogP contribution in [0.3, 0.4) is 0 Å². The third-order valence-electron chi connectivity index (χ3n) is 4.33. The SMILES string of the molecule is Cc1cc(F)ccc1S(=O)(=O)N1CCCN(C(=O)c2ccc[nH]2)CC1. The number of H-pyrrole nitrogens is 1. The molecule has 0 spiro atoms. The minimum atomic E-state index is -3.71. The number of carbonyl (C=O) groups is 1. The van der Waals surface area contributed by atoms with Gasteiger partial charge in [-0.1, -0.05) is 0 Å². The van der Waals surface area contributed by atoms with Gasteiger partial charge in [0.2, 0.25) is 10.0 Å². The van der Waals surface area contributed by atoms with E-state index in [1.54, 1.807) is 30.2 Å². The van der Waals surface area contributed by atoms with Gasteiger partial charge in [0.25, 0.3) is 5.91 Å². The van der Waals surface area contributed by atoms with E-state index in [0.29, 0.717) is 37.3 Å². The molecule has 1 saturated heterocycles. The van der Waals surface area contributed by atoms with E-state index in [9.17, 15) is 17.6 Å². The Morgan fingerprint density at radius 1 is 1.16 bits per heavy atom. The molecule has 6 nitrogen and oxygen atoms in total. The van der Waals surface area contributed by atoms with Gasteiger partial charge in [-0.3, -0.25) is 4.79 Å². The lowest BCUT2D eigenvalue weighted by Gasteiger charge is -2.22. The van der Waals surface area contributed by atoms with Gasteiger partial charge in [-0.05, 0) is 49.2 Å². The second-order valence-corrected chi connectivity index (χ2v) is 7.95. The second-order valence-electron chi connectivity index (χ2n) is 6.04. The number of aromatic nitrogens is 1. The number of rotatable bonds is 3. The average Bonchev–Trinajstić information content (AvgIpc) is 2.97. The maximum absolute atomic E-state index is 13.3. The molecule has 8 heteroatoms. The summed E-state index contributed by atoms with van der Waals surface area (Å²) < 4.78 is 40.4. The Balaban J connectivity index is 1.77. The van der Waals surface area contributed by atoms with Crippen molar-refractivity contribution in [1.82, 2.24) is 14.2 Å². The van der Waals surface area contributed by atoms with Gasteiger partial charge in [0.1, 0.15) is 11.5 Å². The van der Waals surface area contributed by atoms with Crippen LogP contribution in [0.4, 0.5) is 4.39 Å². The predicted octanol–water partition coefficient (Wildman–Crippen LogP) is 2.00. The molecule has 2 heterocycles. The Bertz CT molecular complexity index is 865. The largest absolute Gasteiger partial charge is 0.357 e. The fourth-order valence-electron chi connectivity index (χ4n) is 3.01. The fourth-order valence-corrected chi connectivity index (χ4v) is 4.69. The molecular weight excluding hydrogens is 345 g/mol. The fraction of sp³-hybridized carbons (Fsp3) is 0.353. The molecule has 0 bridgehead atoms. The zero-order valence-corrected chi connectivity index (χ0v) is 14.7. The molecule has 1 aliphatic heterocycles. The van der Waals surface area contributed by atoms with E-state index < -0.39 is 15.8 Å². The van der Waals surface area contributed by atoms with Crippen LogP contribution in [-0.4, -0.2) is 54.7 Å². The first-order chi connectivity index (χ1) is 11.9. The van der Waals surface area contributed by atoms with E-state index in [2.05, 4.69) is 4.98 Å². The first-order valence-electron chi connectivity index (χ1n) is 8.08. The standard InChI is InChI=1S/C17H20FN3O3S/c1-13-12-14(18)5-6-16(13)25(23,24)21-9-3-8-20(10-11-21)17(22)15-4-2-7-19-15/h2,4-7,12,19H,3,8-11H2,1H3. The smallest absolute Gasteiger partial charge is 0.270 e. The number of amides is 1. The average molecular weight is 365 g/mol. The maximum Gasteiger partial charge on any atom is 0.270 e. The highest BCUT2D eigenvalue weighted by Crippen LogP contribution is 2.22. The van der Waals surface area contributed by atoms with Gasteiger partial charge in [-0.15, -0.1) is 0 Å². The van der Waals surface area contributed by atoms with Crippen molar-refractivity contribution in [2.24, 2.45) is 0 Å². The van der Waals surface area contributed by atoms with Gasteiger partial charge in [-0.25, -0.2) is 12.8 Å². The van der Waals surface area contributed by atoms with E-state index in [4.69, 9.17) is 0 Å². The molecule has 1 aliphatic rings. The number of sulfonamides is 1. The van der Waals surface area contributed by atoms with Crippen LogP contribution in [-0.2, 0) is 10.0 Å². The lowest BCUT2D eigenvalue weighted by Crippen LogP contribution is -2.37. The van der Waals surface area contributed by atoms with Gasteiger partial charge >= 0.3 is 0 Å². The highest BCUT2D eigenvalue weighted by molar-refractivity contribution is 7.89. The van der Waals surface area contributed by atoms with Crippen LogP contribution in [0.25, 0.3) is 0 Å². The number of hydrogen-bond donors (Lipinski definition) is 1. The predicted molar refractivity (Wildman–Crippen MR) is 91.2 cm³/mol. The van der Waals surface area contributed by atoms with Gasteiger partial charge in [0, 0.05) is 32.4 Å². The molecular formula is C17H20FN3O3S. The summed E-state index contributed by atoms with van der Waals surface area (Å²) in [7, 11) is -3.71. The van der Waals surface area contributed by atoms with Gasteiger partial charge in [0.05, 0.1) is 4.90 Å². The number of nitrogens with one attached hydrogen (secondary N) is 1. The van der Waals surface area contributed by atoms with Crippen LogP contribution in [0.5, 0.6) is 0 Å². The third kappa shape index (κ3) is 3.59. The number of aromatic amines is 1. The molecule has 0 unspecified atom stereocenters. The molecule has 134 valence electrons. The molecule has 1 N–H and O–H groups in total. The highest BCUT2D eigenvalue weighted by atomic mass is 32.2. The molecule has 0 saturated carbocycles. The summed E-state index contributed by atoms with van der Waals surface area (Å²) in [6.07, 6.45) is 2.23. The summed E-state index contributed by atoms with van der Waals surface area (Å²) in [6, 6.07) is 7.11. The second kappa shape index (κ2) is 6.97. The van der Waals surface area contributed by atoms with Crippen LogP contribution in [0.2, 0.25) is 0 Å². The first kappa shape index (κ1) is 17.6. The van der Waals surface area contributed by atoms with Crippen LogP contribution >= 0.6 is 0 Å². The summed E-state index contributed by atoms with van der Waals surface area (Å²) >= 11 is 0. The number of hydrogen-bond acceptors (Lipinski definition) is 3. The Morgan fingerprint density at radius 2 is 1.96 bits per heavy atom. The number of aryl methyl sites for hydroxylation is 1. The number of benzene rings is 1. The first-order valence-corrected chi connectivity index (χ1v) is 9.52. The van der Waals surface area contributed by atoms with E-state index in [1.165, 1.54) is 16.4 Å². The Kier molecular flexibility index (Phi) is 4.91. The molecule has 25 heavy (non-hydrogen) atoms. The van der Waals surface area contributed by atoms with Crippen LogP contribution in [0, 0.1) is 12.7 Å². The zero-order valence-electron chi connectivity index (χ0n) is 13.9. The van der Waals surface area contributed by atoms with Crippen LogP contribution in [0.15, 0.2) is 41.4 Å². The minimum absolute atomic E-state index is 0.109. The molecule has 0 aliphatic carbocycles. The number of halogens is 1. The van der Waals surface area contributed by atoms with E-state index in [1.807, 2.05) is 0 Å². The number of carbonyl (C=O) groups excluding carboxylic acids is 1. The van der Waals surface area contributed by atoms with Crippen molar-refractivity contribution in [2.45, 2.75) is 18.2 Å². The molecule has 3 rings (SSSR count). The Hall–Kier alpha value is -2.19. The van der Waals surface area contributed by atoms with Crippen molar-refractivity contribution >= 4 is 15.9 Å². The van der Waals surface area contributed by atoms with Crippen molar-refractivity contribution in [3.05, 3.63) is 53.6 Å². The maximum atomic E-state index is 13.3. The quantitative estimate of drug-likeness (QED) is 0.904. The molecule has 1 aromatic heterocycles. The van der Waals surface area contributed by atoms with Crippen molar-refractivity contribution in [2.75, 3.05) is 26.2 Å². The summed E-state index contributed by atoms with van der Waals surface area (Å²) in [5.74, 6) is -0.600. The highest BCUT2D eigenvalue weighted by Gasteiger charge is 2.29. The lowest BCUT2D eigenvalue weighted by molar-refractivity contribution is 0.0759. The van der Waals surface area contributed by atoms with E-state index in [0.717, 1.165) is 6.07 Å². The summed E-state index contributed by atoms with van der Waals surface area (Å²) in [4.78, 5) is 17.1. The third-order valence-corrected chi connectivity index (χ3v) is 6.38.